The van der Waals surface area contributed by atoms with Crippen molar-refractivity contribution in [3.05, 3.63) is 34.6 Å². The molecule has 0 unspecified atom stereocenters. The Hall–Kier alpha value is -1.33. The predicted molar refractivity (Wildman–Crippen MR) is 63.1 cm³/mol. The fraction of sp³-hybridized carbons (Fsp3) is 0.111. The van der Waals surface area contributed by atoms with E-state index in [9.17, 15) is 0 Å². The lowest BCUT2D eigenvalue weighted by Crippen LogP contribution is -2.04. The molecule has 0 saturated carbocycles. The van der Waals surface area contributed by atoms with Gasteiger partial charge in [0.05, 0.1) is 15.9 Å². The second-order valence-corrected chi connectivity index (χ2v) is 4.57. The van der Waals surface area contributed by atoms with Crippen LogP contribution in [0.4, 0.5) is 10.8 Å². The number of nitrogens with zero attached hydrogens (tertiary/aromatic N) is 2. The van der Waals surface area contributed by atoms with E-state index in [4.69, 9.17) is 17.3 Å². The molecule has 0 aromatic carbocycles. The van der Waals surface area contributed by atoms with Crippen molar-refractivity contribution in [2.24, 2.45) is 0 Å². The third-order valence-electron chi connectivity index (χ3n) is 1.72. The van der Waals surface area contributed by atoms with Gasteiger partial charge in [0.1, 0.15) is 11.6 Å². The molecule has 2 aromatic rings. The van der Waals surface area contributed by atoms with Gasteiger partial charge in [-0.25, -0.2) is 9.97 Å². The van der Waals surface area contributed by atoms with Crippen molar-refractivity contribution in [1.82, 2.24) is 9.97 Å². The van der Waals surface area contributed by atoms with Gasteiger partial charge in [-0.3, -0.25) is 0 Å². The van der Waals surface area contributed by atoms with Crippen molar-refractivity contribution >= 4 is 33.8 Å². The second-order valence-electron chi connectivity index (χ2n) is 2.86. The van der Waals surface area contributed by atoms with Crippen molar-refractivity contribution < 1.29 is 0 Å². The zero-order valence-electron chi connectivity index (χ0n) is 7.77. The summed E-state index contributed by atoms with van der Waals surface area (Å²) in [5.74, 6) is 1.14. The largest absolute Gasteiger partial charge is 0.384 e. The number of nitrogens with one attached hydrogen (secondary N) is 1. The Bertz CT molecular complexity index is 457. The molecule has 2 aromatic heterocycles. The Labute approximate surface area is 96.1 Å². The lowest BCUT2D eigenvalue weighted by Gasteiger charge is -2.02. The van der Waals surface area contributed by atoms with Gasteiger partial charge in [0, 0.05) is 6.20 Å². The number of nitrogen functional groups attached to an aromatic ring is 1. The van der Waals surface area contributed by atoms with Gasteiger partial charge in [0.15, 0.2) is 0 Å². The van der Waals surface area contributed by atoms with Crippen molar-refractivity contribution in [3.8, 4) is 0 Å². The summed E-state index contributed by atoms with van der Waals surface area (Å²) in [6.07, 6.45) is 1.64. The second kappa shape index (κ2) is 4.46. The molecule has 0 amide bonds. The van der Waals surface area contributed by atoms with Gasteiger partial charge in [0.2, 0.25) is 0 Å². The summed E-state index contributed by atoms with van der Waals surface area (Å²) in [7, 11) is 0. The van der Waals surface area contributed by atoms with Crippen LogP contribution in [0.15, 0.2) is 24.4 Å². The quantitative estimate of drug-likeness (QED) is 0.865. The van der Waals surface area contributed by atoms with Crippen molar-refractivity contribution in [2.45, 2.75) is 6.54 Å². The zero-order valence-corrected chi connectivity index (χ0v) is 9.35. The van der Waals surface area contributed by atoms with E-state index in [1.54, 1.807) is 12.3 Å². The maximum absolute atomic E-state index is 5.79. The molecule has 6 heteroatoms. The highest BCUT2D eigenvalue weighted by Crippen LogP contribution is 2.26. The highest BCUT2D eigenvalue weighted by Gasteiger charge is 1.99. The van der Waals surface area contributed by atoms with Gasteiger partial charge in [-0.1, -0.05) is 11.6 Å². The van der Waals surface area contributed by atoms with E-state index in [0.29, 0.717) is 18.2 Å². The fourth-order valence-electron chi connectivity index (χ4n) is 1.08. The van der Waals surface area contributed by atoms with Crippen molar-refractivity contribution in [3.63, 3.8) is 0 Å². The van der Waals surface area contributed by atoms with Gasteiger partial charge in [-0.2, -0.15) is 0 Å². The highest BCUT2D eigenvalue weighted by atomic mass is 35.5. The number of nitrogens with two attached hydrogens (primary N) is 1. The summed E-state index contributed by atoms with van der Waals surface area (Å²) in [5, 5.41) is 4.15. The molecule has 2 rings (SSSR count). The first kappa shape index (κ1) is 10.2. The molecule has 3 N–H and O–H groups in total. The van der Waals surface area contributed by atoms with E-state index in [-0.39, 0.29) is 0 Å². The summed E-state index contributed by atoms with van der Waals surface area (Å²) in [6.45, 7) is 0.544. The monoisotopic (exact) mass is 240 g/mol. The smallest absolute Gasteiger partial charge is 0.149 e. The van der Waals surface area contributed by atoms with Gasteiger partial charge >= 0.3 is 0 Å². The van der Waals surface area contributed by atoms with Crippen LogP contribution in [0.25, 0.3) is 0 Å². The molecular weight excluding hydrogens is 232 g/mol. The summed E-state index contributed by atoms with van der Waals surface area (Å²) >= 11 is 7.27. The van der Waals surface area contributed by atoms with Crippen molar-refractivity contribution in [1.29, 1.82) is 0 Å². The zero-order chi connectivity index (χ0) is 10.7. The molecule has 0 radical (unpaired) electrons. The summed E-state index contributed by atoms with van der Waals surface area (Å²) < 4.78 is 0.756. The molecule has 15 heavy (non-hydrogen) atoms. The number of hydrogen-bond donors (Lipinski definition) is 2. The molecule has 0 bridgehead atoms. The average molecular weight is 241 g/mol. The van der Waals surface area contributed by atoms with Crippen LogP contribution in [0, 0.1) is 0 Å². The van der Waals surface area contributed by atoms with E-state index in [1.807, 2.05) is 12.1 Å². The number of halogens is 1. The minimum Gasteiger partial charge on any atom is -0.384 e. The van der Waals surface area contributed by atoms with Crippen LogP contribution in [-0.2, 0) is 6.54 Å². The number of rotatable bonds is 3. The van der Waals surface area contributed by atoms with Crippen LogP contribution >= 0.6 is 22.9 Å². The molecule has 78 valence electrons. The van der Waals surface area contributed by atoms with Gasteiger partial charge in [-0.05, 0) is 18.2 Å². The van der Waals surface area contributed by atoms with E-state index < -0.39 is 0 Å². The molecule has 0 aliphatic heterocycles. The molecule has 0 fully saturated rings. The lowest BCUT2D eigenvalue weighted by molar-refractivity contribution is 0.957. The van der Waals surface area contributed by atoms with Crippen LogP contribution in [-0.4, -0.2) is 9.97 Å². The first-order valence-corrected chi connectivity index (χ1v) is 5.50. The average Bonchev–Trinajstić information content (AvgIpc) is 2.62. The first-order chi connectivity index (χ1) is 7.24. The summed E-state index contributed by atoms with van der Waals surface area (Å²) in [6, 6.07) is 5.42. The van der Waals surface area contributed by atoms with Crippen LogP contribution < -0.4 is 11.1 Å². The summed E-state index contributed by atoms with van der Waals surface area (Å²) in [4.78, 5) is 8.15. The Balaban J connectivity index is 1.99. The Morgan fingerprint density at radius 1 is 1.40 bits per heavy atom. The van der Waals surface area contributed by atoms with E-state index in [2.05, 4.69) is 15.3 Å². The van der Waals surface area contributed by atoms with Gasteiger partial charge < -0.3 is 11.1 Å². The number of hydrogen-bond acceptors (Lipinski definition) is 5. The van der Waals surface area contributed by atoms with Crippen LogP contribution in [0.3, 0.4) is 0 Å². The van der Waals surface area contributed by atoms with Crippen LogP contribution in [0.2, 0.25) is 4.34 Å². The van der Waals surface area contributed by atoms with Gasteiger partial charge in [-0.15, -0.1) is 11.3 Å². The van der Waals surface area contributed by atoms with Crippen molar-refractivity contribution in [2.75, 3.05) is 11.1 Å². The van der Waals surface area contributed by atoms with Crippen LogP contribution in [0.1, 0.15) is 5.82 Å². The summed E-state index contributed by atoms with van der Waals surface area (Å²) in [5.41, 5.74) is 5.53. The third kappa shape index (κ3) is 2.81. The topological polar surface area (TPSA) is 63.8 Å². The predicted octanol–water partition coefficient (Wildman–Crippen LogP) is 2.39. The Morgan fingerprint density at radius 3 is 2.93 bits per heavy atom. The lowest BCUT2D eigenvalue weighted by atomic mass is 10.5. The molecule has 0 spiro atoms. The minimum atomic E-state index is 0.478. The molecule has 0 atom stereocenters. The normalized spacial score (nSPS) is 10.2. The molecule has 0 aliphatic rings. The standard InChI is InChI=1S/C9H9ClN4S/c10-6-1-2-9(15-6)13-5-8-12-4-3-7(11)14-8/h1-4,13H,5H2,(H2,11,12,14). The first-order valence-electron chi connectivity index (χ1n) is 4.30. The maximum atomic E-state index is 5.79. The van der Waals surface area contributed by atoms with Crippen LogP contribution in [0.5, 0.6) is 0 Å². The number of anilines is 2. The van der Waals surface area contributed by atoms with E-state index >= 15 is 0 Å². The van der Waals surface area contributed by atoms with Gasteiger partial charge in [0.25, 0.3) is 0 Å². The Kier molecular flexibility index (Phi) is 3.03. The number of thiophene rings is 1. The number of aromatic nitrogens is 2. The van der Waals surface area contributed by atoms with E-state index in [1.165, 1.54) is 11.3 Å². The molecule has 0 saturated heterocycles. The van der Waals surface area contributed by atoms with E-state index in [0.717, 1.165) is 9.34 Å². The molecule has 4 nitrogen and oxygen atoms in total. The minimum absolute atomic E-state index is 0.478. The Morgan fingerprint density at radius 2 is 2.27 bits per heavy atom. The highest BCUT2D eigenvalue weighted by molar-refractivity contribution is 7.19. The molecular formula is C9H9ClN4S. The fourth-order valence-corrected chi connectivity index (χ4v) is 2.01. The third-order valence-corrected chi connectivity index (χ3v) is 2.91. The molecule has 0 aliphatic carbocycles. The molecule has 2 heterocycles. The SMILES string of the molecule is Nc1ccnc(CNc2ccc(Cl)s2)n1. The maximum Gasteiger partial charge on any atom is 0.149 e.